The number of hydrogen-bond acceptors (Lipinski definition) is 3. The molecule has 1 N–H and O–H groups in total. The summed E-state index contributed by atoms with van der Waals surface area (Å²) in [5.41, 5.74) is 3.20. The molecule has 0 radical (unpaired) electrons. The maximum absolute atomic E-state index is 5.92. The summed E-state index contributed by atoms with van der Waals surface area (Å²) in [5.74, 6) is 0.601. The van der Waals surface area contributed by atoms with Crippen molar-refractivity contribution in [2.75, 3.05) is 6.61 Å². The van der Waals surface area contributed by atoms with E-state index in [4.69, 9.17) is 9.57 Å². The Morgan fingerprint density at radius 2 is 1.88 bits per heavy atom. The van der Waals surface area contributed by atoms with Crippen molar-refractivity contribution in [1.82, 2.24) is 5.48 Å². The van der Waals surface area contributed by atoms with Gasteiger partial charge in [0, 0.05) is 18.1 Å². The fourth-order valence-electron chi connectivity index (χ4n) is 1.92. The van der Waals surface area contributed by atoms with Crippen molar-refractivity contribution in [3.63, 3.8) is 0 Å². The van der Waals surface area contributed by atoms with Crippen LogP contribution < -0.4 is 5.48 Å². The smallest absolute Gasteiger partial charge is 0.0813 e. The predicted octanol–water partition coefficient (Wildman–Crippen LogP) is 3.15. The van der Waals surface area contributed by atoms with E-state index in [0.29, 0.717) is 18.1 Å². The molecule has 0 bridgehead atoms. The minimum Gasteiger partial charge on any atom is -0.377 e. The molecule has 17 heavy (non-hydrogen) atoms. The normalized spacial score (nSPS) is 28.2. The van der Waals surface area contributed by atoms with Crippen LogP contribution in [-0.2, 0) is 9.57 Å². The summed E-state index contributed by atoms with van der Waals surface area (Å²) >= 11 is 0. The summed E-state index contributed by atoms with van der Waals surface area (Å²) in [6.45, 7) is 15.9. The van der Waals surface area contributed by atoms with E-state index in [-0.39, 0.29) is 11.0 Å². The molecule has 3 heteroatoms. The lowest BCUT2D eigenvalue weighted by Crippen LogP contribution is -2.61. The van der Waals surface area contributed by atoms with Gasteiger partial charge in [-0.25, -0.2) is 0 Å². The third-order valence-electron chi connectivity index (χ3n) is 3.32. The molecule has 2 atom stereocenters. The minimum atomic E-state index is -0.139. The van der Waals surface area contributed by atoms with Crippen LogP contribution in [0, 0.1) is 11.3 Å². The Hall–Kier alpha value is -0.120. The third kappa shape index (κ3) is 4.23. The standard InChI is InChI=1S/C14H29NO2/c1-10(2)9-16-12-8-11(14(12,6)7)15-17-13(3,4)5/h10-12,15H,8-9H2,1-7H3. The molecule has 3 nitrogen and oxygen atoms in total. The van der Waals surface area contributed by atoms with Crippen LogP contribution >= 0.6 is 0 Å². The van der Waals surface area contributed by atoms with E-state index >= 15 is 0 Å². The molecule has 0 aromatic rings. The zero-order valence-electron chi connectivity index (χ0n) is 12.5. The van der Waals surface area contributed by atoms with Crippen LogP contribution in [0.25, 0.3) is 0 Å². The van der Waals surface area contributed by atoms with E-state index in [1.807, 2.05) is 0 Å². The van der Waals surface area contributed by atoms with Gasteiger partial charge in [0.1, 0.15) is 0 Å². The SMILES string of the molecule is CC(C)COC1CC(NOC(C)(C)C)C1(C)C. The summed E-state index contributed by atoms with van der Waals surface area (Å²) in [6.07, 6.45) is 1.39. The third-order valence-corrected chi connectivity index (χ3v) is 3.32. The predicted molar refractivity (Wildman–Crippen MR) is 70.7 cm³/mol. The zero-order chi connectivity index (χ0) is 13.3. The Morgan fingerprint density at radius 3 is 2.29 bits per heavy atom. The van der Waals surface area contributed by atoms with E-state index in [1.54, 1.807) is 0 Å². The van der Waals surface area contributed by atoms with Crippen molar-refractivity contribution >= 4 is 0 Å². The average molecular weight is 243 g/mol. The summed E-state index contributed by atoms with van der Waals surface area (Å²) in [4.78, 5) is 5.64. The Labute approximate surface area is 106 Å². The van der Waals surface area contributed by atoms with Gasteiger partial charge in [-0.3, -0.25) is 4.84 Å². The minimum absolute atomic E-state index is 0.139. The van der Waals surface area contributed by atoms with Crippen molar-refractivity contribution < 1.29 is 9.57 Å². The van der Waals surface area contributed by atoms with Crippen LogP contribution in [0.4, 0.5) is 0 Å². The molecule has 2 unspecified atom stereocenters. The van der Waals surface area contributed by atoms with Gasteiger partial charge in [0.2, 0.25) is 0 Å². The first-order valence-electron chi connectivity index (χ1n) is 6.68. The van der Waals surface area contributed by atoms with E-state index in [2.05, 4.69) is 53.9 Å². The first-order chi connectivity index (χ1) is 7.63. The molecule has 0 amide bonds. The topological polar surface area (TPSA) is 30.5 Å². The Morgan fingerprint density at radius 1 is 1.29 bits per heavy atom. The first kappa shape index (κ1) is 14.9. The number of hydrogen-bond donors (Lipinski definition) is 1. The Kier molecular flexibility index (Phi) is 4.61. The van der Waals surface area contributed by atoms with Gasteiger partial charge in [-0.15, -0.1) is 0 Å². The average Bonchev–Trinajstić information content (AvgIpc) is 2.13. The highest BCUT2D eigenvalue weighted by Gasteiger charge is 2.49. The molecule has 0 spiro atoms. The van der Waals surface area contributed by atoms with Gasteiger partial charge >= 0.3 is 0 Å². The summed E-state index contributed by atoms with van der Waals surface area (Å²) in [7, 11) is 0. The van der Waals surface area contributed by atoms with Crippen LogP contribution in [0.2, 0.25) is 0 Å². The van der Waals surface area contributed by atoms with Gasteiger partial charge in [-0.2, -0.15) is 5.48 Å². The molecule has 0 aliphatic heterocycles. The molecular formula is C14H29NO2. The Bertz CT molecular complexity index is 243. The molecule has 102 valence electrons. The highest BCUT2D eigenvalue weighted by atomic mass is 16.7. The van der Waals surface area contributed by atoms with E-state index in [0.717, 1.165) is 13.0 Å². The number of rotatable bonds is 5. The maximum atomic E-state index is 5.92. The fourth-order valence-corrected chi connectivity index (χ4v) is 1.92. The second kappa shape index (κ2) is 5.25. The largest absolute Gasteiger partial charge is 0.377 e. The monoisotopic (exact) mass is 243 g/mol. The second-order valence-electron chi connectivity index (χ2n) is 7.16. The van der Waals surface area contributed by atoms with E-state index in [1.165, 1.54) is 0 Å². The Balaban J connectivity index is 2.33. The number of hydroxylamine groups is 1. The molecule has 1 aliphatic rings. The highest BCUT2D eigenvalue weighted by Crippen LogP contribution is 2.43. The van der Waals surface area contributed by atoms with Gasteiger partial charge in [-0.1, -0.05) is 27.7 Å². The van der Waals surface area contributed by atoms with Crippen LogP contribution in [0.3, 0.4) is 0 Å². The van der Waals surface area contributed by atoms with Gasteiger partial charge in [0.15, 0.2) is 0 Å². The molecule has 0 aromatic heterocycles. The summed E-state index contributed by atoms with van der Waals surface area (Å²) in [5, 5.41) is 0. The van der Waals surface area contributed by atoms with Crippen LogP contribution in [0.1, 0.15) is 54.9 Å². The van der Waals surface area contributed by atoms with Crippen molar-refractivity contribution in [3.8, 4) is 0 Å². The highest BCUT2D eigenvalue weighted by molar-refractivity contribution is 5.01. The van der Waals surface area contributed by atoms with E-state index in [9.17, 15) is 0 Å². The molecule has 1 aliphatic carbocycles. The second-order valence-corrected chi connectivity index (χ2v) is 7.16. The fraction of sp³-hybridized carbons (Fsp3) is 1.00. The van der Waals surface area contributed by atoms with Crippen molar-refractivity contribution in [1.29, 1.82) is 0 Å². The number of ether oxygens (including phenoxy) is 1. The molecule has 1 rings (SSSR count). The van der Waals surface area contributed by atoms with Crippen LogP contribution in [0.15, 0.2) is 0 Å². The lowest BCUT2D eigenvalue weighted by molar-refractivity contribution is -0.185. The molecule has 0 aromatic carbocycles. The molecule has 1 saturated carbocycles. The summed E-state index contributed by atoms with van der Waals surface area (Å²) < 4.78 is 5.92. The lowest BCUT2D eigenvalue weighted by Gasteiger charge is -2.52. The molecule has 0 heterocycles. The number of nitrogens with one attached hydrogen (secondary N) is 1. The maximum Gasteiger partial charge on any atom is 0.0813 e. The van der Waals surface area contributed by atoms with Crippen molar-refractivity contribution in [3.05, 3.63) is 0 Å². The van der Waals surface area contributed by atoms with Gasteiger partial charge < -0.3 is 4.74 Å². The molecule has 1 fully saturated rings. The molecular weight excluding hydrogens is 214 g/mol. The quantitative estimate of drug-likeness (QED) is 0.752. The van der Waals surface area contributed by atoms with Crippen LogP contribution in [-0.4, -0.2) is 24.4 Å². The van der Waals surface area contributed by atoms with Crippen molar-refractivity contribution in [2.45, 2.75) is 72.6 Å². The van der Waals surface area contributed by atoms with Gasteiger partial charge in [-0.05, 0) is 33.1 Å². The summed E-state index contributed by atoms with van der Waals surface area (Å²) in [6, 6.07) is 0.388. The molecule has 0 saturated heterocycles. The van der Waals surface area contributed by atoms with Crippen molar-refractivity contribution in [2.24, 2.45) is 11.3 Å². The van der Waals surface area contributed by atoms with Gasteiger partial charge in [0.05, 0.1) is 11.7 Å². The van der Waals surface area contributed by atoms with E-state index < -0.39 is 0 Å². The van der Waals surface area contributed by atoms with Crippen LogP contribution in [0.5, 0.6) is 0 Å². The first-order valence-corrected chi connectivity index (χ1v) is 6.68. The lowest BCUT2D eigenvalue weighted by atomic mass is 9.65. The van der Waals surface area contributed by atoms with Gasteiger partial charge in [0.25, 0.3) is 0 Å². The zero-order valence-corrected chi connectivity index (χ0v) is 12.5.